The summed E-state index contributed by atoms with van der Waals surface area (Å²) >= 11 is 0. The van der Waals surface area contributed by atoms with Gasteiger partial charge in [0, 0.05) is 25.2 Å². The fraction of sp³-hybridized carbons (Fsp3) is 1.00. The van der Waals surface area contributed by atoms with Crippen LogP contribution in [0.5, 0.6) is 0 Å². The molecule has 1 aliphatic carbocycles. The van der Waals surface area contributed by atoms with Crippen LogP contribution in [0.1, 0.15) is 32.1 Å². The molecule has 1 heterocycles. The maximum absolute atomic E-state index is 5.82. The topological polar surface area (TPSA) is 41.3 Å². The first-order chi connectivity index (χ1) is 5.86. The molecule has 0 bridgehead atoms. The molecule has 2 rings (SSSR count). The molecule has 0 spiro atoms. The number of nitrogens with one attached hydrogen (secondary N) is 1. The number of nitrogens with zero attached hydrogens (tertiary/aromatic N) is 1. The van der Waals surface area contributed by atoms with Gasteiger partial charge in [0.25, 0.3) is 0 Å². The maximum atomic E-state index is 5.82. The fourth-order valence-electron chi connectivity index (χ4n) is 1.99. The van der Waals surface area contributed by atoms with Crippen molar-refractivity contribution in [2.75, 3.05) is 13.1 Å². The number of rotatable bonds is 3. The summed E-state index contributed by atoms with van der Waals surface area (Å²) in [4.78, 5) is 0. The highest BCUT2D eigenvalue weighted by Gasteiger charge is 2.23. The second-order valence-corrected chi connectivity index (χ2v) is 4.07. The van der Waals surface area contributed by atoms with Gasteiger partial charge in [0.05, 0.1) is 0 Å². The van der Waals surface area contributed by atoms with Crippen molar-refractivity contribution in [1.82, 2.24) is 10.3 Å². The molecule has 3 heteroatoms. The third-order valence-corrected chi connectivity index (χ3v) is 3.17. The molecular weight excluding hydrogens is 150 g/mol. The van der Waals surface area contributed by atoms with E-state index in [1.54, 1.807) is 0 Å². The average Bonchev–Trinajstić information content (AvgIpc) is 2.33. The number of hydrazine groups is 1. The monoisotopic (exact) mass is 169 g/mol. The summed E-state index contributed by atoms with van der Waals surface area (Å²) < 4.78 is 0. The Morgan fingerprint density at radius 3 is 2.58 bits per heavy atom. The van der Waals surface area contributed by atoms with Crippen LogP contribution in [0.15, 0.2) is 0 Å². The largest absolute Gasteiger partial charge is 0.312 e. The average molecular weight is 169 g/mol. The lowest BCUT2D eigenvalue weighted by atomic mass is 9.93. The molecule has 70 valence electrons. The molecule has 0 radical (unpaired) electrons. The van der Waals surface area contributed by atoms with Gasteiger partial charge in [-0.25, -0.2) is 5.01 Å². The van der Waals surface area contributed by atoms with Gasteiger partial charge in [-0.3, -0.25) is 5.84 Å². The minimum Gasteiger partial charge on any atom is -0.312 e. The van der Waals surface area contributed by atoms with E-state index in [2.05, 4.69) is 5.32 Å². The van der Waals surface area contributed by atoms with E-state index >= 15 is 0 Å². The molecule has 2 fully saturated rings. The molecule has 0 amide bonds. The van der Waals surface area contributed by atoms with Gasteiger partial charge in [-0.05, 0) is 25.7 Å². The van der Waals surface area contributed by atoms with Gasteiger partial charge in [0.2, 0.25) is 0 Å². The van der Waals surface area contributed by atoms with Crippen molar-refractivity contribution in [1.29, 1.82) is 0 Å². The Morgan fingerprint density at radius 2 is 2.08 bits per heavy atom. The zero-order valence-corrected chi connectivity index (χ0v) is 7.63. The summed E-state index contributed by atoms with van der Waals surface area (Å²) in [6.07, 6.45) is 6.70. The van der Waals surface area contributed by atoms with Gasteiger partial charge < -0.3 is 5.32 Å². The Kier molecular flexibility index (Phi) is 2.63. The Hall–Kier alpha value is -0.120. The summed E-state index contributed by atoms with van der Waals surface area (Å²) in [6.45, 7) is 2.18. The van der Waals surface area contributed by atoms with Gasteiger partial charge in [-0.1, -0.05) is 6.42 Å². The van der Waals surface area contributed by atoms with Crippen LogP contribution in [0, 0.1) is 0 Å². The molecule has 3 nitrogen and oxygen atoms in total. The first-order valence-electron chi connectivity index (χ1n) is 5.11. The highest BCUT2D eigenvalue weighted by atomic mass is 15.4. The SMILES string of the molecule is NN1CCCC1CNC1CCC1. The molecule has 1 atom stereocenters. The van der Waals surface area contributed by atoms with Gasteiger partial charge in [0.1, 0.15) is 0 Å². The number of hydrogen-bond donors (Lipinski definition) is 2. The van der Waals surface area contributed by atoms with Crippen molar-refractivity contribution < 1.29 is 0 Å². The molecule has 0 aromatic rings. The normalized spacial score (nSPS) is 32.2. The molecule has 0 aromatic carbocycles. The smallest absolute Gasteiger partial charge is 0.0366 e. The Morgan fingerprint density at radius 1 is 1.25 bits per heavy atom. The van der Waals surface area contributed by atoms with E-state index < -0.39 is 0 Å². The summed E-state index contributed by atoms with van der Waals surface area (Å²) in [5, 5.41) is 5.56. The molecular formula is C9H19N3. The van der Waals surface area contributed by atoms with E-state index in [0.29, 0.717) is 6.04 Å². The summed E-state index contributed by atoms with van der Waals surface area (Å²) in [5.74, 6) is 5.82. The Balaban J connectivity index is 1.64. The van der Waals surface area contributed by atoms with Gasteiger partial charge in [-0.2, -0.15) is 0 Å². The van der Waals surface area contributed by atoms with Gasteiger partial charge >= 0.3 is 0 Å². The second-order valence-electron chi connectivity index (χ2n) is 4.07. The van der Waals surface area contributed by atoms with Crippen LogP contribution in [0.25, 0.3) is 0 Å². The van der Waals surface area contributed by atoms with Crippen molar-refractivity contribution in [3.63, 3.8) is 0 Å². The van der Waals surface area contributed by atoms with Crippen LogP contribution in [-0.4, -0.2) is 30.2 Å². The van der Waals surface area contributed by atoms with Crippen LogP contribution in [0.3, 0.4) is 0 Å². The molecule has 0 aromatic heterocycles. The van der Waals surface area contributed by atoms with Crippen molar-refractivity contribution in [2.45, 2.75) is 44.2 Å². The molecule has 1 saturated heterocycles. The first-order valence-corrected chi connectivity index (χ1v) is 5.11. The second kappa shape index (κ2) is 3.73. The molecule has 12 heavy (non-hydrogen) atoms. The molecule has 2 aliphatic rings. The van der Waals surface area contributed by atoms with Crippen molar-refractivity contribution in [3.05, 3.63) is 0 Å². The van der Waals surface area contributed by atoms with Crippen molar-refractivity contribution >= 4 is 0 Å². The highest BCUT2D eigenvalue weighted by molar-refractivity contribution is 4.82. The molecule has 1 aliphatic heterocycles. The predicted octanol–water partition coefficient (Wildman–Crippen LogP) is 0.467. The highest BCUT2D eigenvalue weighted by Crippen LogP contribution is 2.19. The Bertz CT molecular complexity index is 145. The van der Waals surface area contributed by atoms with Crippen LogP contribution in [0.4, 0.5) is 0 Å². The minimum atomic E-state index is 0.602. The summed E-state index contributed by atoms with van der Waals surface area (Å²) in [6, 6.07) is 1.41. The van der Waals surface area contributed by atoms with E-state index in [-0.39, 0.29) is 0 Å². The maximum Gasteiger partial charge on any atom is 0.0366 e. The van der Waals surface area contributed by atoms with Crippen LogP contribution >= 0.6 is 0 Å². The molecule has 3 N–H and O–H groups in total. The van der Waals surface area contributed by atoms with Crippen molar-refractivity contribution in [3.8, 4) is 0 Å². The third kappa shape index (κ3) is 1.79. The standard InChI is InChI=1S/C9H19N3/c10-12-6-2-5-9(12)7-11-8-3-1-4-8/h8-9,11H,1-7,10H2. The lowest BCUT2D eigenvalue weighted by molar-refractivity contribution is 0.233. The van der Waals surface area contributed by atoms with Crippen LogP contribution in [0.2, 0.25) is 0 Å². The van der Waals surface area contributed by atoms with Crippen LogP contribution in [-0.2, 0) is 0 Å². The molecule has 1 unspecified atom stereocenters. The Labute approximate surface area is 74.3 Å². The lowest BCUT2D eigenvalue weighted by Gasteiger charge is -2.29. The predicted molar refractivity (Wildman–Crippen MR) is 49.6 cm³/mol. The van der Waals surface area contributed by atoms with Gasteiger partial charge in [-0.15, -0.1) is 0 Å². The zero-order chi connectivity index (χ0) is 8.39. The van der Waals surface area contributed by atoms with Crippen LogP contribution < -0.4 is 11.2 Å². The third-order valence-electron chi connectivity index (χ3n) is 3.17. The van der Waals surface area contributed by atoms with Crippen molar-refractivity contribution in [2.24, 2.45) is 5.84 Å². The first kappa shape index (κ1) is 8.48. The van der Waals surface area contributed by atoms with E-state index in [1.807, 2.05) is 5.01 Å². The van der Waals surface area contributed by atoms with Gasteiger partial charge in [0.15, 0.2) is 0 Å². The number of nitrogens with two attached hydrogens (primary N) is 1. The lowest BCUT2D eigenvalue weighted by Crippen LogP contribution is -2.46. The number of hydrogen-bond acceptors (Lipinski definition) is 3. The fourth-order valence-corrected chi connectivity index (χ4v) is 1.99. The quantitative estimate of drug-likeness (QED) is 0.603. The van der Waals surface area contributed by atoms with E-state index in [1.165, 1.54) is 32.1 Å². The summed E-state index contributed by atoms with van der Waals surface area (Å²) in [5.41, 5.74) is 0. The molecule has 1 saturated carbocycles. The summed E-state index contributed by atoms with van der Waals surface area (Å²) in [7, 11) is 0. The zero-order valence-electron chi connectivity index (χ0n) is 7.63. The van der Waals surface area contributed by atoms with E-state index in [9.17, 15) is 0 Å². The van der Waals surface area contributed by atoms with E-state index in [0.717, 1.165) is 19.1 Å². The van der Waals surface area contributed by atoms with E-state index in [4.69, 9.17) is 5.84 Å². The minimum absolute atomic E-state index is 0.602.